The summed E-state index contributed by atoms with van der Waals surface area (Å²) >= 11 is 3.32. The molecule has 1 unspecified atom stereocenters. The fourth-order valence-electron chi connectivity index (χ4n) is 3.61. The molecule has 3 aromatic carbocycles. The van der Waals surface area contributed by atoms with Gasteiger partial charge in [0.2, 0.25) is 0 Å². The van der Waals surface area contributed by atoms with Crippen molar-refractivity contribution in [3.05, 3.63) is 82.8 Å². The number of carbonyl (C=O) groups excluding carboxylic acids is 1. The Labute approximate surface area is 190 Å². The Morgan fingerprint density at radius 3 is 2.45 bits per heavy atom. The molecule has 3 aromatic rings. The summed E-state index contributed by atoms with van der Waals surface area (Å²) in [6.07, 6.45) is 0.819. The zero-order valence-corrected chi connectivity index (χ0v) is 19.2. The maximum atomic E-state index is 12.7. The predicted octanol–water partition coefficient (Wildman–Crippen LogP) is 4.61. The van der Waals surface area contributed by atoms with Crippen LogP contribution in [0.25, 0.3) is 0 Å². The molecule has 0 spiro atoms. The summed E-state index contributed by atoms with van der Waals surface area (Å²) in [6.45, 7) is 1.89. The van der Waals surface area contributed by atoms with Gasteiger partial charge in [0.05, 0.1) is 4.90 Å². The second-order valence-corrected chi connectivity index (χ2v) is 9.92. The van der Waals surface area contributed by atoms with Crippen LogP contribution in [0.1, 0.15) is 12.5 Å². The third kappa shape index (κ3) is 4.75. The molecule has 0 bridgehead atoms. The number of nitrogens with zero attached hydrogens (tertiary/aromatic N) is 1. The molecule has 0 aromatic heterocycles. The lowest BCUT2D eigenvalue weighted by molar-refractivity contribution is -0.120. The van der Waals surface area contributed by atoms with E-state index >= 15 is 0 Å². The number of fused-ring (bicyclic) bond motifs is 1. The highest BCUT2D eigenvalue weighted by Crippen LogP contribution is 2.32. The zero-order valence-electron chi connectivity index (χ0n) is 16.8. The molecule has 1 amide bonds. The molecule has 0 radical (unpaired) electrons. The molecule has 160 valence electrons. The third-order valence-electron chi connectivity index (χ3n) is 5.07. The van der Waals surface area contributed by atoms with Gasteiger partial charge in [0.15, 0.2) is 6.61 Å². The van der Waals surface area contributed by atoms with Crippen LogP contribution in [0.2, 0.25) is 0 Å². The van der Waals surface area contributed by atoms with Crippen LogP contribution in [0.3, 0.4) is 0 Å². The summed E-state index contributed by atoms with van der Waals surface area (Å²) in [5.74, 6) is 0.294. The molecule has 1 heterocycles. The Bertz CT molecular complexity index is 1200. The minimum Gasteiger partial charge on any atom is -0.484 e. The van der Waals surface area contributed by atoms with Gasteiger partial charge in [0.25, 0.3) is 15.9 Å². The van der Waals surface area contributed by atoms with Crippen LogP contribution in [0.5, 0.6) is 5.75 Å². The largest absolute Gasteiger partial charge is 0.484 e. The van der Waals surface area contributed by atoms with Gasteiger partial charge in [-0.3, -0.25) is 9.52 Å². The van der Waals surface area contributed by atoms with Gasteiger partial charge in [-0.25, -0.2) is 8.42 Å². The molecule has 0 saturated carbocycles. The molecule has 0 fully saturated rings. The first-order chi connectivity index (χ1) is 14.8. The van der Waals surface area contributed by atoms with Crippen LogP contribution in [0.15, 0.2) is 82.2 Å². The summed E-state index contributed by atoms with van der Waals surface area (Å²) in [4.78, 5) is 14.6. The lowest BCUT2D eigenvalue weighted by Gasteiger charge is -2.22. The molecule has 1 N–H and O–H groups in total. The summed E-state index contributed by atoms with van der Waals surface area (Å²) in [5.41, 5.74) is 2.54. The molecule has 8 heteroatoms. The summed E-state index contributed by atoms with van der Waals surface area (Å²) in [6, 6.07) is 20.8. The van der Waals surface area contributed by atoms with Crippen molar-refractivity contribution in [2.75, 3.05) is 16.2 Å². The van der Waals surface area contributed by atoms with E-state index in [9.17, 15) is 13.2 Å². The van der Waals surface area contributed by atoms with E-state index in [-0.39, 0.29) is 23.5 Å². The highest BCUT2D eigenvalue weighted by atomic mass is 79.9. The number of benzene rings is 3. The molecule has 1 aliphatic heterocycles. The monoisotopic (exact) mass is 500 g/mol. The number of nitrogens with one attached hydrogen (secondary N) is 1. The number of amides is 1. The Morgan fingerprint density at radius 2 is 1.74 bits per heavy atom. The van der Waals surface area contributed by atoms with Crippen molar-refractivity contribution in [2.24, 2.45) is 0 Å². The van der Waals surface area contributed by atoms with Crippen LogP contribution in [0.4, 0.5) is 11.4 Å². The number of para-hydroxylation sites is 1. The fraction of sp³-hybridized carbons (Fsp3) is 0.174. The Hall–Kier alpha value is -2.84. The fourth-order valence-corrected chi connectivity index (χ4v) is 4.93. The molecule has 0 saturated heterocycles. The van der Waals surface area contributed by atoms with Crippen molar-refractivity contribution in [1.82, 2.24) is 0 Å². The molecule has 4 rings (SSSR count). The smallest absolute Gasteiger partial charge is 0.265 e. The first-order valence-electron chi connectivity index (χ1n) is 9.75. The highest BCUT2D eigenvalue weighted by molar-refractivity contribution is 9.10. The van der Waals surface area contributed by atoms with Gasteiger partial charge in [-0.2, -0.15) is 0 Å². The van der Waals surface area contributed by atoms with E-state index in [1.807, 2.05) is 31.2 Å². The minimum atomic E-state index is -3.72. The Balaban J connectivity index is 1.40. The van der Waals surface area contributed by atoms with Crippen LogP contribution in [0, 0.1) is 0 Å². The Morgan fingerprint density at radius 1 is 1.06 bits per heavy atom. The molecule has 6 nitrogen and oxygen atoms in total. The number of ether oxygens (including phenoxy) is 1. The van der Waals surface area contributed by atoms with E-state index in [4.69, 9.17) is 4.74 Å². The van der Waals surface area contributed by atoms with E-state index in [1.54, 1.807) is 41.3 Å². The maximum absolute atomic E-state index is 12.7. The summed E-state index contributed by atoms with van der Waals surface area (Å²) in [7, 11) is -3.72. The van der Waals surface area contributed by atoms with Gasteiger partial charge in [0, 0.05) is 21.9 Å². The van der Waals surface area contributed by atoms with Crippen LogP contribution >= 0.6 is 15.9 Å². The lowest BCUT2D eigenvalue weighted by atomic mass is 10.1. The normalized spacial score (nSPS) is 15.4. The summed E-state index contributed by atoms with van der Waals surface area (Å²) in [5, 5.41) is 0. The number of sulfonamides is 1. The predicted molar refractivity (Wildman–Crippen MR) is 124 cm³/mol. The number of hydrogen-bond donors (Lipinski definition) is 1. The van der Waals surface area contributed by atoms with E-state index in [0.717, 1.165) is 22.1 Å². The van der Waals surface area contributed by atoms with Crippen LogP contribution in [-0.2, 0) is 21.2 Å². The summed E-state index contributed by atoms with van der Waals surface area (Å²) < 4.78 is 34.2. The number of halogens is 1. The van der Waals surface area contributed by atoms with Gasteiger partial charge in [-0.15, -0.1) is 0 Å². The number of carbonyl (C=O) groups is 1. The molecular formula is C23H21BrN2O4S. The molecule has 1 atom stereocenters. The van der Waals surface area contributed by atoms with Crippen molar-refractivity contribution >= 4 is 43.2 Å². The SMILES string of the molecule is CC1Cc2ccccc2N1C(=O)COc1ccc(S(=O)(=O)Nc2ccc(Br)cc2)cc1. The van der Waals surface area contributed by atoms with E-state index in [1.165, 1.54) is 12.1 Å². The van der Waals surface area contributed by atoms with Gasteiger partial charge >= 0.3 is 0 Å². The average molecular weight is 501 g/mol. The third-order valence-corrected chi connectivity index (χ3v) is 6.99. The minimum absolute atomic E-state index is 0.0747. The van der Waals surface area contributed by atoms with Crippen LogP contribution < -0.4 is 14.4 Å². The Kier molecular flexibility index (Phi) is 6.02. The van der Waals surface area contributed by atoms with Gasteiger partial charge in [-0.05, 0) is 73.5 Å². The van der Waals surface area contributed by atoms with Gasteiger partial charge in [0.1, 0.15) is 5.75 Å². The van der Waals surface area contributed by atoms with E-state index in [2.05, 4.69) is 20.7 Å². The molecule has 0 aliphatic carbocycles. The van der Waals surface area contributed by atoms with Gasteiger partial charge in [-0.1, -0.05) is 34.1 Å². The first-order valence-corrected chi connectivity index (χ1v) is 12.0. The quantitative estimate of drug-likeness (QED) is 0.536. The van der Waals surface area contributed by atoms with E-state index < -0.39 is 10.0 Å². The van der Waals surface area contributed by atoms with Gasteiger partial charge < -0.3 is 9.64 Å². The van der Waals surface area contributed by atoms with Crippen molar-refractivity contribution in [3.8, 4) is 5.75 Å². The van der Waals surface area contributed by atoms with Crippen molar-refractivity contribution < 1.29 is 17.9 Å². The number of hydrogen-bond acceptors (Lipinski definition) is 4. The molecular weight excluding hydrogens is 480 g/mol. The van der Waals surface area contributed by atoms with E-state index in [0.29, 0.717) is 11.4 Å². The first kappa shape index (κ1) is 21.4. The maximum Gasteiger partial charge on any atom is 0.265 e. The van der Waals surface area contributed by atoms with Crippen molar-refractivity contribution in [1.29, 1.82) is 0 Å². The standard InChI is InChI=1S/C23H21BrN2O4S/c1-16-14-17-4-2-3-5-22(17)26(16)23(27)15-30-20-10-12-21(13-11-20)31(28,29)25-19-8-6-18(24)7-9-19/h2-13,16,25H,14-15H2,1H3. The molecule has 1 aliphatic rings. The molecule has 31 heavy (non-hydrogen) atoms. The van der Waals surface area contributed by atoms with Crippen molar-refractivity contribution in [2.45, 2.75) is 24.3 Å². The average Bonchev–Trinajstić information content (AvgIpc) is 3.09. The second kappa shape index (κ2) is 8.72. The lowest BCUT2D eigenvalue weighted by Crippen LogP contribution is -2.39. The van der Waals surface area contributed by atoms with Crippen LogP contribution in [-0.4, -0.2) is 27.0 Å². The number of anilines is 2. The second-order valence-electron chi connectivity index (χ2n) is 7.32. The topological polar surface area (TPSA) is 75.7 Å². The van der Waals surface area contributed by atoms with Crippen molar-refractivity contribution in [3.63, 3.8) is 0 Å². The highest BCUT2D eigenvalue weighted by Gasteiger charge is 2.30. The number of rotatable bonds is 6. The zero-order chi connectivity index (χ0) is 22.0.